The maximum Gasteiger partial charge on any atom is 0.332 e. The molecule has 0 atom stereocenters. The highest BCUT2D eigenvalue weighted by molar-refractivity contribution is 7.86. The maximum atomic E-state index is 12.1. The van der Waals surface area contributed by atoms with E-state index in [1.165, 1.54) is 0 Å². The van der Waals surface area contributed by atoms with E-state index in [0.717, 1.165) is 22.8 Å². The first-order chi connectivity index (χ1) is 4.50. The quantitative estimate of drug-likeness (QED) is 0.651. The van der Waals surface area contributed by atoms with Gasteiger partial charge in [0.1, 0.15) is 4.90 Å². The summed E-state index contributed by atoms with van der Waals surface area (Å²) in [5, 5.41) is 1.15. The Balaban J connectivity index is 3.21. The Kier molecular flexibility index (Phi) is 1.98. The van der Waals surface area contributed by atoms with Crippen LogP contribution in [0.4, 0.5) is 3.89 Å². The molecule has 0 bridgehead atoms. The van der Waals surface area contributed by atoms with Gasteiger partial charge in [0.2, 0.25) is 0 Å². The SMILES string of the molecule is O=S(=O)(F)c1csc(Cl)c1. The summed E-state index contributed by atoms with van der Waals surface area (Å²) in [4.78, 5) is -0.373. The number of hydrogen-bond donors (Lipinski definition) is 0. The molecule has 0 saturated heterocycles. The average Bonchev–Trinajstić information content (AvgIpc) is 2.11. The lowest BCUT2D eigenvalue weighted by molar-refractivity contribution is 0.552. The minimum atomic E-state index is -4.56. The molecule has 0 N–H and O–H groups in total. The van der Waals surface area contributed by atoms with Gasteiger partial charge in [0, 0.05) is 5.38 Å². The van der Waals surface area contributed by atoms with E-state index in [1.54, 1.807) is 0 Å². The third kappa shape index (κ3) is 1.68. The molecule has 2 nitrogen and oxygen atoms in total. The van der Waals surface area contributed by atoms with Crippen LogP contribution >= 0.6 is 22.9 Å². The van der Waals surface area contributed by atoms with Gasteiger partial charge in [-0.25, -0.2) is 0 Å². The molecule has 0 aliphatic heterocycles. The minimum absolute atomic E-state index is 0.260. The zero-order valence-corrected chi connectivity index (χ0v) is 6.93. The summed E-state index contributed by atoms with van der Waals surface area (Å²) < 4.78 is 32.6. The van der Waals surface area contributed by atoms with E-state index in [9.17, 15) is 12.3 Å². The third-order valence-corrected chi connectivity index (χ3v) is 2.86. The molecule has 0 saturated carbocycles. The molecule has 6 heteroatoms. The molecule has 1 rings (SSSR count). The van der Waals surface area contributed by atoms with Gasteiger partial charge in [-0.05, 0) is 6.07 Å². The fraction of sp³-hybridized carbons (Fsp3) is 0. The lowest BCUT2D eigenvalue weighted by Gasteiger charge is -1.82. The normalized spacial score (nSPS) is 11.8. The standard InChI is InChI=1S/C4H2ClFO2S2/c5-4-1-3(2-9-4)10(6,7)8/h1-2H. The molecule has 0 spiro atoms. The van der Waals surface area contributed by atoms with Crippen LogP contribution in [-0.2, 0) is 10.2 Å². The summed E-state index contributed by atoms with van der Waals surface area (Å²) >= 11 is 6.33. The van der Waals surface area contributed by atoms with Crippen molar-refractivity contribution in [3.05, 3.63) is 15.8 Å². The second kappa shape index (κ2) is 2.48. The molecule has 0 aliphatic carbocycles. The van der Waals surface area contributed by atoms with E-state index in [-0.39, 0.29) is 9.23 Å². The Morgan fingerprint density at radius 3 is 2.40 bits per heavy atom. The topological polar surface area (TPSA) is 34.1 Å². The van der Waals surface area contributed by atoms with Gasteiger partial charge in [0.15, 0.2) is 0 Å². The summed E-state index contributed by atoms with van der Waals surface area (Å²) in [6.45, 7) is 0. The number of hydrogen-bond acceptors (Lipinski definition) is 3. The molecule has 1 heterocycles. The molecule has 56 valence electrons. The summed E-state index contributed by atoms with van der Waals surface area (Å²) in [6.07, 6.45) is 0. The van der Waals surface area contributed by atoms with Crippen molar-refractivity contribution in [2.45, 2.75) is 4.90 Å². The van der Waals surface area contributed by atoms with Crippen LogP contribution < -0.4 is 0 Å². The maximum absolute atomic E-state index is 12.1. The fourth-order valence-electron chi connectivity index (χ4n) is 0.422. The van der Waals surface area contributed by atoms with Crippen LogP contribution in [0.1, 0.15) is 0 Å². The van der Waals surface area contributed by atoms with Crippen LogP contribution in [0.25, 0.3) is 0 Å². The van der Waals surface area contributed by atoms with Gasteiger partial charge >= 0.3 is 10.2 Å². The number of thiophene rings is 1. The van der Waals surface area contributed by atoms with Crippen molar-refractivity contribution in [1.29, 1.82) is 0 Å². The first-order valence-electron chi connectivity index (χ1n) is 2.19. The zero-order valence-electron chi connectivity index (χ0n) is 4.54. The second-order valence-corrected chi connectivity index (χ2v) is 4.41. The summed E-state index contributed by atoms with van der Waals surface area (Å²) in [6, 6.07) is 1.07. The number of rotatable bonds is 1. The van der Waals surface area contributed by atoms with Gasteiger partial charge in [-0.1, -0.05) is 11.6 Å². The predicted molar refractivity (Wildman–Crippen MR) is 37.6 cm³/mol. The molecule has 1 aromatic heterocycles. The van der Waals surface area contributed by atoms with E-state index >= 15 is 0 Å². The van der Waals surface area contributed by atoms with E-state index in [1.807, 2.05) is 0 Å². The highest BCUT2D eigenvalue weighted by Crippen LogP contribution is 2.24. The van der Waals surface area contributed by atoms with Gasteiger partial charge in [0.25, 0.3) is 0 Å². The Morgan fingerprint density at radius 1 is 1.60 bits per heavy atom. The highest BCUT2D eigenvalue weighted by Gasteiger charge is 2.12. The van der Waals surface area contributed by atoms with E-state index in [0.29, 0.717) is 0 Å². The predicted octanol–water partition coefficient (Wildman–Crippen LogP) is 2.06. The molecule has 10 heavy (non-hydrogen) atoms. The second-order valence-electron chi connectivity index (χ2n) is 1.52. The smallest absolute Gasteiger partial charge is 0.189 e. The van der Waals surface area contributed by atoms with Gasteiger partial charge in [-0.3, -0.25) is 0 Å². The molecule has 0 aromatic carbocycles. The molecule has 0 radical (unpaired) electrons. The summed E-state index contributed by atoms with van der Waals surface area (Å²) in [7, 11) is -4.56. The van der Waals surface area contributed by atoms with Crippen molar-refractivity contribution in [1.82, 2.24) is 0 Å². The van der Waals surface area contributed by atoms with E-state index in [2.05, 4.69) is 0 Å². The first kappa shape index (κ1) is 7.97. The lowest BCUT2D eigenvalue weighted by Crippen LogP contribution is -1.86. The molecule has 0 fully saturated rings. The Hall–Kier alpha value is -0.130. The van der Waals surface area contributed by atoms with Crippen molar-refractivity contribution in [3.63, 3.8) is 0 Å². The Morgan fingerprint density at radius 2 is 2.20 bits per heavy atom. The average molecular weight is 201 g/mol. The fourth-order valence-corrected chi connectivity index (χ4v) is 2.17. The molecular formula is C4H2ClFO2S2. The monoisotopic (exact) mass is 200 g/mol. The molecule has 0 aliphatic rings. The first-order valence-corrected chi connectivity index (χ1v) is 4.83. The van der Waals surface area contributed by atoms with Crippen molar-refractivity contribution in [2.24, 2.45) is 0 Å². The van der Waals surface area contributed by atoms with Crippen LogP contribution in [0.15, 0.2) is 16.3 Å². The Labute approximate surface area is 66.5 Å². The molecule has 0 amide bonds. The zero-order chi connectivity index (χ0) is 7.78. The van der Waals surface area contributed by atoms with E-state index in [4.69, 9.17) is 11.6 Å². The van der Waals surface area contributed by atoms with Crippen LogP contribution in [0, 0.1) is 0 Å². The van der Waals surface area contributed by atoms with Crippen molar-refractivity contribution in [3.8, 4) is 0 Å². The molecular weight excluding hydrogens is 199 g/mol. The van der Waals surface area contributed by atoms with Gasteiger partial charge < -0.3 is 0 Å². The van der Waals surface area contributed by atoms with Crippen LogP contribution in [0.5, 0.6) is 0 Å². The summed E-state index contributed by atoms with van der Waals surface area (Å²) in [5.74, 6) is 0. The largest absolute Gasteiger partial charge is 0.332 e. The van der Waals surface area contributed by atoms with Gasteiger partial charge in [-0.15, -0.1) is 15.2 Å². The molecule has 0 unspecified atom stereocenters. The van der Waals surface area contributed by atoms with Crippen LogP contribution in [-0.4, -0.2) is 8.42 Å². The van der Waals surface area contributed by atoms with Gasteiger partial charge in [-0.2, -0.15) is 8.42 Å². The van der Waals surface area contributed by atoms with Crippen molar-refractivity contribution < 1.29 is 12.3 Å². The van der Waals surface area contributed by atoms with Gasteiger partial charge in [0.05, 0.1) is 4.34 Å². The summed E-state index contributed by atoms with van der Waals surface area (Å²) in [5.41, 5.74) is 0. The van der Waals surface area contributed by atoms with E-state index < -0.39 is 10.2 Å². The van der Waals surface area contributed by atoms with Crippen molar-refractivity contribution >= 4 is 33.2 Å². The van der Waals surface area contributed by atoms with Crippen LogP contribution in [0.3, 0.4) is 0 Å². The number of halogens is 2. The third-order valence-electron chi connectivity index (χ3n) is 0.825. The Bertz CT molecular complexity index is 329. The lowest BCUT2D eigenvalue weighted by atomic mass is 10.7. The minimum Gasteiger partial charge on any atom is -0.189 e. The van der Waals surface area contributed by atoms with Crippen molar-refractivity contribution in [2.75, 3.05) is 0 Å². The van der Waals surface area contributed by atoms with Crippen LogP contribution in [0.2, 0.25) is 4.34 Å². The molecule has 1 aromatic rings. The highest BCUT2D eigenvalue weighted by atomic mass is 35.5.